The SMILES string of the molecule is COc1ccc(C(=O)C(=S)N2CCCCC2)cc1. The Balaban J connectivity index is 2.07. The van der Waals surface area contributed by atoms with Crippen LogP contribution < -0.4 is 4.74 Å². The predicted octanol–water partition coefficient (Wildman–Crippen LogP) is 2.69. The number of nitrogens with zero attached hydrogens (tertiary/aromatic N) is 1. The van der Waals surface area contributed by atoms with Crippen molar-refractivity contribution in [1.82, 2.24) is 4.90 Å². The van der Waals surface area contributed by atoms with E-state index in [0.717, 1.165) is 31.7 Å². The Labute approximate surface area is 113 Å². The number of Topliss-reactive ketones (excluding diaryl/α,β-unsaturated/α-hetero) is 1. The van der Waals surface area contributed by atoms with E-state index in [9.17, 15) is 4.79 Å². The number of rotatable bonds is 3. The van der Waals surface area contributed by atoms with Crippen molar-refractivity contribution in [3.8, 4) is 5.75 Å². The smallest absolute Gasteiger partial charge is 0.220 e. The number of piperidine rings is 1. The average Bonchev–Trinajstić information content (AvgIpc) is 2.47. The van der Waals surface area contributed by atoms with Crippen LogP contribution in [0.25, 0.3) is 0 Å². The van der Waals surface area contributed by atoms with Gasteiger partial charge in [0.25, 0.3) is 0 Å². The predicted molar refractivity (Wildman–Crippen MR) is 75.3 cm³/mol. The number of benzene rings is 1. The van der Waals surface area contributed by atoms with Crippen molar-refractivity contribution in [3.63, 3.8) is 0 Å². The molecule has 0 radical (unpaired) electrons. The third-order valence-electron chi connectivity index (χ3n) is 3.19. The van der Waals surface area contributed by atoms with Crippen LogP contribution >= 0.6 is 12.2 Å². The molecule has 1 aromatic rings. The molecule has 0 amide bonds. The van der Waals surface area contributed by atoms with Gasteiger partial charge in [0.1, 0.15) is 5.75 Å². The first-order valence-corrected chi connectivity index (χ1v) is 6.61. The van der Waals surface area contributed by atoms with Gasteiger partial charge in [0.2, 0.25) is 5.78 Å². The van der Waals surface area contributed by atoms with Crippen LogP contribution in [0, 0.1) is 0 Å². The summed E-state index contributed by atoms with van der Waals surface area (Å²) in [5.74, 6) is 0.685. The van der Waals surface area contributed by atoms with Gasteiger partial charge in [-0.1, -0.05) is 12.2 Å². The second-order valence-corrected chi connectivity index (χ2v) is 4.80. The minimum absolute atomic E-state index is 0.0606. The number of ketones is 1. The molecular weight excluding hydrogens is 246 g/mol. The van der Waals surface area contributed by atoms with E-state index >= 15 is 0 Å². The van der Waals surface area contributed by atoms with Gasteiger partial charge in [0.05, 0.1) is 7.11 Å². The molecule has 1 saturated heterocycles. The second kappa shape index (κ2) is 5.96. The topological polar surface area (TPSA) is 29.5 Å². The van der Waals surface area contributed by atoms with E-state index < -0.39 is 0 Å². The fourth-order valence-electron chi connectivity index (χ4n) is 2.11. The van der Waals surface area contributed by atoms with Crippen LogP contribution in [0.2, 0.25) is 0 Å². The van der Waals surface area contributed by atoms with Crippen LogP contribution in [0.3, 0.4) is 0 Å². The highest BCUT2D eigenvalue weighted by Crippen LogP contribution is 2.15. The summed E-state index contributed by atoms with van der Waals surface area (Å²) in [7, 11) is 1.61. The summed E-state index contributed by atoms with van der Waals surface area (Å²) in [5, 5.41) is 0. The molecule has 1 aromatic carbocycles. The van der Waals surface area contributed by atoms with Crippen molar-refractivity contribution < 1.29 is 9.53 Å². The molecule has 0 atom stereocenters. The van der Waals surface area contributed by atoms with Crippen molar-refractivity contribution in [1.29, 1.82) is 0 Å². The maximum atomic E-state index is 12.2. The molecule has 3 nitrogen and oxygen atoms in total. The van der Waals surface area contributed by atoms with Crippen LogP contribution in [0.15, 0.2) is 24.3 Å². The maximum Gasteiger partial charge on any atom is 0.220 e. The highest BCUT2D eigenvalue weighted by atomic mass is 32.1. The lowest BCUT2D eigenvalue weighted by Gasteiger charge is -2.28. The quantitative estimate of drug-likeness (QED) is 0.619. The summed E-state index contributed by atoms with van der Waals surface area (Å²) in [4.78, 5) is 14.7. The highest BCUT2D eigenvalue weighted by molar-refractivity contribution is 7.82. The Morgan fingerprint density at radius 1 is 1.17 bits per heavy atom. The van der Waals surface area contributed by atoms with E-state index in [1.54, 1.807) is 31.4 Å². The van der Waals surface area contributed by atoms with Gasteiger partial charge in [0, 0.05) is 18.7 Å². The minimum Gasteiger partial charge on any atom is -0.497 e. The third kappa shape index (κ3) is 2.88. The number of ether oxygens (including phenoxy) is 1. The fourth-order valence-corrected chi connectivity index (χ4v) is 2.41. The standard InChI is InChI=1S/C14H17NO2S/c1-17-12-7-5-11(6-8-12)13(16)14(18)15-9-3-2-4-10-15/h5-8H,2-4,9-10H2,1H3. The van der Waals surface area contributed by atoms with E-state index in [-0.39, 0.29) is 5.78 Å². The zero-order valence-corrected chi connectivity index (χ0v) is 11.3. The Morgan fingerprint density at radius 2 is 1.78 bits per heavy atom. The number of carbonyl (C=O) groups is 1. The first kappa shape index (κ1) is 13.0. The van der Waals surface area contributed by atoms with Gasteiger partial charge < -0.3 is 9.64 Å². The average molecular weight is 263 g/mol. The molecule has 0 aliphatic carbocycles. The lowest BCUT2D eigenvalue weighted by Crippen LogP contribution is -2.38. The molecule has 0 saturated carbocycles. The number of likely N-dealkylation sites (tertiary alicyclic amines) is 1. The first-order valence-electron chi connectivity index (χ1n) is 6.20. The first-order chi connectivity index (χ1) is 8.72. The van der Waals surface area contributed by atoms with Crippen molar-refractivity contribution in [2.24, 2.45) is 0 Å². The molecule has 0 spiro atoms. The molecule has 1 aliphatic rings. The van der Waals surface area contributed by atoms with Crippen molar-refractivity contribution in [3.05, 3.63) is 29.8 Å². The van der Waals surface area contributed by atoms with Gasteiger partial charge in [-0.3, -0.25) is 4.79 Å². The van der Waals surface area contributed by atoms with Gasteiger partial charge in [-0.05, 0) is 43.5 Å². The molecule has 1 aliphatic heterocycles. The molecule has 4 heteroatoms. The van der Waals surface area contributed by atoms with E-state index in [1.165, 1.54) is 6.42 Å². The summed E-state index contributed by atoms with van der Waals surface area (Å²) >= 11 is 5.29. The largest absolute Gasteiger partial charge is 0.497 e. The monoisotopic (exact) mass is 263 g/mol. The molecule has 0 unspecified atom stereocenters. The van der Waals surface area contributed by atoms with Gasteiger partial charge in [-0.15, -0.1) is 0 Å². The lowest BCUT2D eigenvalue weighted by atomic mass is 10.1. The fraction of sp³-hybridized carbons (Fsp3) is 0.429. The Hall–Kier alpha value is -1.42. The summed E-state index contributed by atoms with van der Waals surface area (Å²) < 4.78 is 5.07. The molecule has 2 rings (SSSR count). The molecule has 0 bridgehead atoms. The van der Waals surface area contributed by atoms with Crippen LogP contribution in [-0.4, -0.2) is 35.9 Å². The van der Waals surface area contributed by atoms with Crippen LogP contribution in [0.4, 0.5) is 0 Å². The summed E-state index contributed by atoms with van der Waals surface area (Å²) in [6.45, 7) is 1.81. The van der Waals surface area contributed by atoms with Crippen molar-refractivity contribution >= 4 is 23.0 Å². The molecule has 18 heavy (non-hydrogen) atoms. The molecule has 96 valence electrons. The number of thiocarbonyl (C=S) groups is 1. The van der Waals surface area contributed by atoms with E-state index in [0.29, 0.717) is 10.6 Å². The minimum atomic E-state index is -0.0606. The van der Waals surface area contributed by atoms with Gasteiger partial charge in [0.15, 0.2) is 4.99 Å². The van der Waals surface area contributed by atoms with Crippen molar-refractivity contribution in [2.75, 3.05) is 20.2 Å². The Morgan fingerprint density at radius 3 is 2.33 bits per heavy atom. The van der Waals surface area contributed by atoms with E-state index in [2.05, 4.69) is 0 Å². The molecular formula is C14H17NO2S. The van der Waals surface area contributed by atoms with Gasteiger partial charge in [-0.25, -0.2) is 0 Å². The van der Waals surface area contributed by atoms with Gasteiger partial charge in [-0.2, -0.15) is 0 Å². The summed E-state index contributed by atoms with van der Waals surface area (Å²) in [5.41, 5.74) is 0.631. The number of methoxy groups -OCH3 is 1. The summed E-state index contributed by atoms with van der Waals surface area (Å²) in [6, 6.07) is 7.09. The third-order valence-corrected chi connectivity index (χ3v) is 3.63. The number of hydrogen-bond acceptors (Lipinski definition) is 3. The summed E-state index contributed by atoms with van der Waals surface area (Å²) in [6.07, 6.45) is 3.47. The van der Waals surface area contributed by atoms with Crippen molar-refractivity contribution in [2.45, 2.75) is 19.3 Å². The molecule has 1 heterocycles. The number of carbonyl (C=O) groups excluding carboxylic acids is 1. The lowest BCUT2D eigenvalue weighted by molar-refractivity contribution is 0.105. The molecule has 1 fully saturated rings. The van der Waals surface area contributed by atoms with Gasteiger partial charge >= 0.3 is 0 Å². The molecule has 0 aromatic heterocycles. The normalized spacial score (nSPS) is 15.3. The second-order valence-electron chi connectivity index (χ2n) is 4.41. The zero-order valence-electron chi connectivity index (χ0n) is 10.5. The molecule has 0 N–H and O–H groups in total. The zero-order chi connectivity index (χ0) is 13.0. The Kier molecular flexibility index (Phi) is 4.31. The highest BCUT2D eigenvalue weighted by Gasteiger charge is 2.20. The van der Waals surface area contributed by atoms with E-state index in [1.807, 2.05) is 4.90 Å². The van der Waals surface area contributed by atoms with E-state index in [4.69, 9.17) is 17.0 Å². The number of hydrogen-bond donors (Lipinski definition) is 0. The maximum absolute atomic E-state index is 12.2. The van der Waals surface area contributed by atoms with Crippen LogP contribution in [0.5, 0.6) is 5.75 Å². The van der Waals surface area contributed by atoms with Crippen LogP contribution in [0.1, 0.15) is 29.6 Å². The Bertz CT molecular complexity index is 436. The van der Waals surface area contributed by atoms with Crippen LogP contribution in [-0.2, 0) is 0 Å².